The molecule has 2 aromatic heterocycles. The summed E-state index contributed by atoms with van der Waals surface area (Å²) in [5.41, 5.74) is 1.22. The maximum Gasteiger partial charge on any atom is 0.349 e. The predicted octanol–water partition coefficient (Wildman–Crippen LogP) is 3.80. The van der Waals surface area contributed by atoms with E-state index in [1.807, 2.05) is 30.3 Å². The molecule has 1 unspecified atom stereocenters. The van der Waals surface area contributed by atoms with Gasteiger partial charge in [-0.1, -0.05) is 60.7 Å². The van der Waals surface area contributed by atoms with Crippen LogP contribution in [0.3, 0.4) is 0 Å². The average molecular weight is 434 g/mol. The summed E-state index contributed by atoms with van der Waals surface area (Å²) in [6.45, 7) is 1.75. The molecule has 156 valence electrons. The topological polar surface area (TPSA) is 98.5 Å². The lowest BCUT2D eigenvalue weighted by Crippen LogP contribution is -2.30. The molecule has 0 aliphatic rings. The van der Waals surface area contributed by atoms with Crippen LogP contribution in [0, 0.1) is 6.92 Å². The number of ether oxygens (including phenoxy) is 1. The molecular weight excluding hydrogens is 416 g/mol. The Hall–Kier alpha value is -3.78. The minimum atomic E-state index is -1.22. The molecule has 31 heavy (non-hydrogen) atoms. The number of carboxylic acid groups (broad SMARTS) is 1. The van der Waals surface area contributed by atoms with E-state index >= 15 is 0 Å². The lowest BCUT2D eigenvalue weighted by Gasteiger charge is -2.15. The molecule has 0 spiro atoms. The average Bonchev–Trinajstić information content (AvgIpc) is 3.12. The highest BCUT2D eigenvalue weighted by atomic mass is 32.1. The Balaban J connectivity index is 1.71. The number of carbonyl (C=O) groups excluding carboxylic acids is 1. The van der Waals surface area contributed by atoms with Gasteiger partial charge >= 0.3 is 11.9 Å². The van der Waals surface area contributed by atoms with E-state index in [9.17, 15) is 19.5 Å². The van der Waals surface area contributed by atoms with Crippen molar-refractivity contribution in [3.05, 3.63) is 98.9 Å². The molecule has 8 heteroatoms. The van der Waals surface area contributed by atoms with Crippen molar-refractivity contribution in [3.8, 4) is 0 Å². The summed E-state index contributed by atoms with van der Waals surface area (Å²) in [5.74, 6) is -1.72. The molecule has 4 aromatic rings. The summed E-state index contributed by atoms with van der Waals surface area (Å²) in [6.07, 6.45) is 1.21. The Bertz CT molecular complexity index is 1310. The van der Waals surface area contributed by atoms with E-state index in [4.69, 9.17) is 4.74 Å². The van der Waals surface area contributed by atoms with E-state index in [0.29, 0.717) is 16.0 Å². The molecule has 0 radical (unpaired) electrons. The Morgan fingerprint density at radius 1 is 1.10 bits per heavy atom. The van der Waals surface area contributed by atoms with Gasteiger partial charge < -0.3 is 9.84 Å². The number of rotatable bonds is 6. The van der Waals surface area contributed by atoms with Gasteiger partial charge in [0.25, 0.3) is 5.56 Å². The van der Waals surface area contributed by atoms with Crippen LogP contribution in [0.2, 0.25) is 0 Å². The minimum absolute atomic E-state index is 0.111. The van der Waals surface area contributed by atoms with Gasteiger partial charge in [0.1, 0.15) is 22.6 Å². The molecular formula is C23H18N2O5S. The van der Waals surface area contributed by atoms with Crippen molar-refractivity contribution in [1.29, 1.82) is 0 Å². The molecule has 0 bridgehead atoms. The SMILES string of the molecule is Cc1c(C(=O)OCc2ccccc2)sc2ncn(C(C(=O)O)c3ccccc3)c(=O)c12. The van der Waals surface area contributed by atoms with Crippen molar-refractivity contribution < 1.29 is 19.4 Å². The smallest absolute Gasteiger partial charge is 0.349 e. The van der Waals surface area contributed by atoms with Gasteiger partial charge in [-0.3, -0.25) is 9.36 Å². The van der Waals surface area contributed by atoms with Gasteiger partial charge in [0, 0.05) is 0 Å². The number of hydrogen-bond donors (Lipinski definition) is 1. The van der Waals surface area contributed by atoms with E-state index in [-0.39, 0.29) is 16.9 Å². The van der Waals surface area contributed by atoms with E-state index in [2.05, 4.69) is 4.98 Å². The number of aliphatic carboxylic acids is 1. The maximum absolute atomic E-state index is 13.2. The highest BCUT2D eigenvalue weighted by Gasteiger charge is 2.26. The number of esters is 1. The van der Waals surface area contributed by atoms with Gasteiger partial charge in [-0.05, 0) is 23.6 Å². The molecule has 0 aliphatic carbocycles. The van der Waals surface area contributed by atoms with Gasteiger partial charge in [-0.25, -0.2) is 14.6 Å². The molecule has 0 aliphatic heterocycles. The van der Waals surface area contributed by atoms with Crippen LogP contribution in [0.5, 0.6) is 0 Å². The van der Waals surface area contributed by atoms with Crippen molar-refractivity contribution in [2.75, 3.05) is 0 Å². The largest absolute Gasteiger partial charge is 0.479 e. The standard InChI is InChI=1S/C23H18N2O5S/c1-14-17-20(31-19(14)23(29)30-12-15-8-4-2-5-9-15)24-13-25(21(17)26)18(22(27)28)16-10-6-3-7-11-16/h2-11,13,18H,12H2,1H3,(H,27,28). The van der Waals surface area contributed by atoms with Crippen molar-refractivity contribution >= 4 is 33.5 Å². The second-order valence-corrected chi connectivity index (χ2v) is 7.91. The molecule has 4 rings (SSSR count). The van der Waals surface area contributed by atoms with Crippen LogP contribution in [0.1, 0.15) is 32.4 Å². The number of carboxylic acids is 1. The number of hydrogen-bond acceptors (Lipinski definition) is 6. The van der Waals surface area contributed by atoms with Gasteiger partial charge in [0.2, 0.25) is 0 Å². The number of fused-ring (bicyclic) bond motifs is 1. The van der Waals surface area contributed by atoms with Gasteiger partial charge in [0.15, 0.2) is 6.04 Å². The fourth-order valence-electron chi connectivity index (χ4n) is 3.36. The fraction of sp³-hybridized carbons (Fsp3) is 0.130. The first-order chi connectivity index (χ1) is 15.0. The predicted molar refractivity (Wildman–Crippen MR) is 116 cm³/mol. The third kappa shape index (κ3) is 3.97. The summed E-state index contributed by atoms with van der Waals surface area (Å²) in [7, 11) is 0. The minimum Gasteiger partial charge on any atom is -0.479 e. The van der Waals surface area contributed by atoms with Gasteiger partial charge in [0.05, 0.1) is 5.39 Å². The lowest BCUT2D eigenvalue weighted by atomic mass is 10.1. The Morgan fingerprint density at radius 2 is 1.74 bits per heavy atom. The molecule has 7 nitrogen and oxygen atoms in total. The van der Waals surface area contributed by atoms with Gasteiger partial charge in [-0.15, -0.1) is 11.3 Å². The summed E-state index contributed by atoms with van der Waals surface area (Å²) < 4.78 is 6.47. The molecule has 0 saturated carbocycles. The van der Waals surface area contributed by atoms with Crippen molar-refractivity contribution in [2.45, 2.75) is 19.6 Å². The summed E-state index contributed by atoms with van der Waals surface area (Å²) >= 11 is 1.06. The lowest BCUT2D eigenvalue weighted by molar-refractivity contribution is -0.139. The molecule has 0 fully saturated rings. The van der Waals surface area contributed by atoms with Crippen molar-refractivity contribution in [2.24, 2.45) is 0 Å². The number of aromatic nitrogens is 2. The third-order valence-corrected chi connectivity index (χ3v) is 6.08. The summed E-state index contributed by atoms with van der Waals surface area (Å²) in [5, 5.41) is 9.98. The molecule has 1 N–H and O–H groups in total. The number of aryl methyl sites for hydroxylation is 1. The van der Waals surface area contributed by atoms with Crippen LogP contribution in [0.15, 0.2) is 71.8 Å². The van der Waals surface area contributed by atoms with E-state index in [1.54, 1.807) is 37.3 Å². The molecule has 0 amide bonds. The molecule has 0 saturated heterocycles. The van der Waals surface area contributed by atoms with Crippen LogP contribution in [-0.4, -0.2) is 26.6 Å². The first kappa shape index (κ1) is 20.5. The Labute approximate surface area is 181 Å². The zero-order valence-corrected chi connectivity index (χ0v) is 17.3. The van der Waals surface area contributed by atoms with Crippen LogP contribution in [-0.2, 0) is 16.1 Å². The van der Waals surface area contributed by atoms with E-state index in [1.165, 1.54) is 6.33 Å². The normalized spacial score (nSPS) is 11.9. The quantitative estimate of drug-likeness (QED) is 0.464. The fourth-order valence-corrected chi connectivity index (χ4v) is 4.40. The Kier molecular flexibility index (Phi) is 5.64. The van der Waals surface area contributed by atoms with E-state index in [0.717, 1.165) is 21.5 Å². The van der Waals surface area contributed by atoms with E-state index < -0.39 is 23.5 Å². The Morgan fingerprint density at radius 3 is 2.39 bits per heavy atom. The van der Waals surface area contributed by atoms with Crippen molar-refractivity contribution in [3.63, 3.8) is 0 Å². The van der Waals surface area contributed by atoms with Gasteiger partial charge in [-0.2, -0.15) is 0 Å². The second kappa shape index (κ2) is 8.53. The van der Waals surface area contributed by atoms with Crippen LogP contribution < -0.4 is 5.56 Å². The summed E-state index contributed by atoms with van der Waals surface area (Å²) in [4.78, 5) is 42.7. The van der Waals surface area contributed by atoms with Crippen LogP contribution >= 0.6 is 11.3 Å². The van der Waals surface area contributed by atoms with Crippen LogP contribution in [0.25, 0.3) is 10.2 Å². The highest BCUT2D eigenvalue weighted by Crippen LogP contribution is 2.28. The van der Waals surface area contributed by atoms with Crippen molar-refractivity contribution in [1.82, 2.24) is 9.55 Å². The number of carbonyl (C=O) groups is 2. The summed E-state index contributed by atoms with van der Waals surface area (Å²) in [6, 6.07) is 16.5. The first-order valence-corrected chi connectivity index (χ1v) is 10.3. The maximum atomic E-state index is 13.2. The zero-order valence-electron chi connectivity index (χ0n) is 16.5. The van der Waals surface area contributed by atoms with Crippen LogP contribution in [0.4, 0.5) is 0 Å². The number of benzene rings is 2. The number of nitrogens with zero attached hydrogens (tertiary/aromatic N) is 2. The molecule has 2 aromatic carbocycles. The first-order valence-electron chi connectivity index (χ1n) is 9.46. The zero-order chi connectivity index (χ0) is 22.0. The highest BCUT2D eigenvalue weighted by molar-refractivity contribution is 7.20. The second-order valence-electron chi connectivity index (χ2n) is 6.91. The molecule has 1 atom stereocenters. The monoisotopic (exact) mass is 434 g/mol. The molecule has 2 heterocycles. The third-order valence-electron chi connectivity index (χ3n) is 4.90. The number of thiophene rings is 1.